The first-order chi connectivity index (χ1) is 5.77. The van der Waals surface area contributed by atoms with E-state index >= 15 is 0 Å². The van der Waals surface area contributed by atoms with E-state index in [4.69, 9.17) is 23.2 Å². The number of hydrogen-bond donors (Lipinski definition) is 1. The average Bonchev–Trinajstić information content (AvgIpc) is 2.07. The van der Waals surface area contributed by atoms with Crippen molar-refractivity contribution in [2.75, 3.05) is 6.54 Å². The van der Waals surface area contributed by atoms with E-state index in [0.717, 1.165) is 25.8 Å². The Hall–Kier alpha value is 0.540. The second-order valence-corrected chi connectivity index (χ2v) is 5.12. The van der Waals surface area contributed by atoms with Crippen molar-refractivity contribution in [1.82, 2.24) is 5.32 Å². The summed E-state index contributed by atoms with van der Waals surface area (Å²) in [6, 6.07) is 0.649. The Bertz CT molecular complexity index is 163. The summed E-state index contributed by atoms with van der Waals surface area (Å²) in [5.41, 5.74) is 0. The lowest BCUT2D eigenvalue weighted by Crippen LogP contribution is -2.49. The molecule has 0 amide bonds. The van der Waals surface area contributed by atoms with Crippen molar-refractivity contribution >= 4 is 23.2 Å². The van der Waals surface area contributed by atoms with Crippen LogP contribution in [0.15, 0.2) is 0 Å². The zero-order chi connectivity index (χ0) is 8.55. The van der Waals surface area contributed by atoms with Gasteiger partial charge in [0, 0.05) is 16.8 Å². The Morgan fingerprint density at radius 2 is 1.92 bits per heavy atom. The second-order valence-electron chi connectivity index (χ2n) is 3.94. The van der Waals surface area contributed by atoms with Crippen LogP contribution in [0.5, 0.6) is 0 Å². The molecule has 1 saturated heterocycles. The highest BCUT2D eigenvalue weighted by Gasteiger charge is 2.36. The zero-order valence-electron chi connectivity index (χ0n) is 7.10. The summed E-state index contributed by atoms with van der Waals surface area (Å²) >= 11 is 12.4. The minimum atomic E-state index is 0.359. The SMILES string of the molecule is ClC1CCC2NCCC(Cl)C2C1. The van der Waals surface area contributed by atoms with Gasteiger partial charge in [-0.25, -0.2) is 0 Å². The molecule has 3 heteroatoms. The third-order valence-electron chi connectivity index (χ3n) is 3.13. The van der Waals surface area contributed by atoms with E-state index in [9.17, 15) is 0 Å². The van der Waals surface area contributed by atoms with E-state index in [-0.39, 0.29) is 0 Å². The minimum Gasteiger partial charge on any atom is -0.314 e. The molecule has 0 aromatic heterocycles. The van der Waals surface area contributed by atoms with E-state index in [0.29, 0.717) is 22.7 Å². The van der Waals surface area contributed by atoms with Gasteiger partial charge in [-0.2, -0.15) is 0 Å². The highest BCUT2D eigenvalue weighted by molar-refractivity contribution is 6.22. The summed E-state index contributed by atoms with van der Waals surface area (Å²) in [5.74, 6) is 0.622. The van der Waals surface area contributed by atoms with E-state index < -0.39 is 0 Å². The maximum Gasteiger partial charge on any atom is 0.0391 e. The Morgan fingerprint density at radius 3 is 2.75 bits per heavy atom. The topological polar surface area (TPSA) is 12.0 Å². The maximum absolute atomic E-state index is 6.26. The van der Waals surface area contributed by atoms with E-state index in [1.54, 1.807) is 0 Å². The van der Waals surface area contributed by atoms with Crippen LogP contribution in [0.1, 0.15) is 25.7 Å². The van der Waals surface area contributed by atoms with E-state index in [2.05, 4.69) is 5.32 Å². The molecule has 1 aliphatic carbocycles. The maximum atomic E-state index is 6.26. The smallest absolute Gasteiger partial charge is 0.0391 e. The molecular weight excluding hydrogens is 193 g/mol. The molecule has 1 saturated carbocycles. The number of halogens is 2. The van der Waals surface area contributed by atoms with Gasteiger partial charge >= 0.3 is 0 Å². The average molecular weight is 208 g/mol. The molecule has 0 aromatic carbocycles. The molecule has 0 bridgehead atoms. The molecule has 1 aliphatic heterocycles. The predicted molar refractivity (Wildman–Crippen MR) is 53.0 cm³/mol. The third-order valence-corrected chi connectivity index (χ3v) is 4.07. The molecule has 2 aliphatic rings. The van der Waals surface area contributed by atoms with Gasteiger partial charge < -0.3 is 5.32 Å². The van der Waals surface area contributed by atoms with Crippen LogP contribution in [0.25, 0.3) is 0 Å². The largest absolute Gasteiger partial charge is 0.314 e. The van der Waals surface area contributed by atoms with Gasteiger partial charge in [-0.15, -0.1) is 23.2 Å². The Morgan fingerprint density at radius 1 is 1.08 bits per heavy atom. The summed E-state index contributed by atoms with van der Waals surface area (Å²) in [4.78, 5) is 0. The van der Waals surface area contributed by atoms with Crippen molar-refractivity contribution in [1.29, 1.82) is 0 Å². The summed E-state index contributed by atoms with van der Waals surface area (Å²) in [6.07, 6.45) is 4.57. The molecular formula is C9H15Cl2N. The fourth-order valence-electron chi connectivity index (χ4n) is 2.43. The van der Waals surface area contributed by atoms with Crippen LogP contribution < -0.4 is 5.32 Å². The molecule has 1 N–H and O–H groups in total. The van der Waals surface area contributed by atoms with Gasteiger partial charge in [-0.3, -0.25) is 0 Å². The van der Waals surface area contributed by atoms with Gasteiger partial charge in [0.25, 0.3) is 0 Å². The second kappa shape index (κ2) is 3.73. The Labute approximate surface area is 83.8 Å². The molecule has 4 atom stereocenters. The van der Waals surface area contributed by atoms with Gasteiger partial charge in [0.15, 0.2) is 0 Å². The number of rotatable bonds is 0. The van der Waals surface area contributed by atoms with Crippen molar-refractivity contribution in [3.8, 4) is 0 Å². The van der Waals surface area contributed by atoms with Gasteiger partial charge in [-0.1, -0.05) is 0 Å². The van der Waals surface area contributed by atoms with Crippen molar-refractivity contribution in [3.63, 3.8) is 0 Å². The van der Waals surface area contributed by atoms with Crippen molar-refractivity contribution < 1.29 is 0 Å². The first-order valence-electron chi connectivity index (χ1n) is 4.79. The van der Waals surface area contributed by atoms with Gasteiger partial charge in [0.05, 0.1) is 0 Å². The summed E-state index contributed by atoms with van der Waals surface area (Å²) in [7, 11) is 0. The quantitative estimate of drug-likeness (QED) is 0.602. The lowest BCUT2D eigenvalue weighted by atomic mass is 9.79. The van der Waals surface area contributed by atoms with Crippen LogP contribution in [-0.4, -0.2) is 23.3 Å². The molecule has 0 radical (unpaired) electrons. The predicted octanol–water partition coefficient (Wildman–Crippen LogP) is 2.36. The van der Waals surface area contributed by atoms with Gasteiger partial charge in [0.1, 0.15) is 0 Å². The lowest BCUT2D eigenvalue weighted by molar-refractivity contribution is 0.219. The summed E-state index contributed by atoms with van der Waals surface area (Å²) < 4.78 is 0. The lowest BCUT2D eigenvalue weighted by Gasteiger charge is -2.41. The first-order valence-corrected chi connectivity index (χ1v) is 5.66. The Kier molecular flexibility index (Phi) is 2.83. The normalized spacial score (nSPS) is 48.5. The molecule has 0 spiro atoms. The van der Waals surface area contributed by atoms with Crippen LogP contribution in [-0.2, 0) is 0 Å². The molecule has 1 nitrogen and oxygen atoms in total. The monoisotopic (exact) mass is 207 g/mol. The first kappa shape index (κ1) is 9.11. The highest BCUT2D eigenvalue weighted by atomic mass is 35.5. The molecule has 70 valence electrons. The number of fused-ring (bicyclic) bond motifs is 1. The Balaban J connectivity index is 2.00. The number of nitrogens with one attached hydrogen (secondary N) is 1. The molecule has 2 rings (SSSR count). The van der Waals surface area contributed by atoms with Crippen molar-refractivity contribution in [2.45, 2.75) is 42.5 Å². The van der Waals surface area contributed by atoms with E-state index in [1.807, 2.05) is 0 Å². The van der Waals surface area contributed by atoms with Crippen molar-refractivity contribution in [3.05, 3.63) is 0 Å². The molecule has 4 unspecified atom stereocenters. The van der Waals surface area contributed by atoms with Gasteiger partial charge in [-0.05, 0) is 38.1 Å². The number of alkyl halides is 2. The highest BCUT2D eigenvalue weighted by Crippen LogP contribution is 2.35. The fourth-order valence-corrected chi connectivity index (χ4v) is 3.15. The fraction of sp³-hybridized carbons (Fsp3) is 1.00. The van der Waals surface area contributed by atoms with Crippen LogP contribution >= 0.6 is 23.2 Å². The van der Waals surface area contributed by atoms with Crippen LogP contribution in [0.4, 0.5) is 0 Å². The number of piperidine rings is 1. The standard InChI is InChI=1S/C9H15Cl2N/c10-6-1-2-9-7(5-6)8(11)3-4-12-9/h6-9,12H,1-5H2. The molecule has 12 heavy (non-hydrogen) atoms. The summed E-state index contributed by atoms with van der Waals surface area (Å²) in [5, 5.41) is 4.26. The van der Waals surface area contributed by atoms with Crippen molar-refractivity contribution in [2.24, 2.45) is 5.92 Å². The van der Waals surface area contributed by atoms with Gasteiger partial charge in [0.2, 0.25) is 0 Å². The third kappa shape index (κ3) is 1.73. The molecule has 2 fully saturated rings. The van der Waals surface area contributed by atoms with Crippen LogP contribution in [0.2, 0.25) is 0 Å². The molecule has 0 aromatic rings. The zero-order valence-corrected chi connectivity index (χ0v) is 8.61. The van der Waals surface area contributed by atoms with E-state index in [1.165, 1.54) is 6.42 Å². The van der Waals surface area contributed by atoms with Crippen LogP contribution in [0.3, 0.4) is 0 Å². The summed E-state index contributed by atoms with van der Waals surface area (Å²) in [6.45, 7) is 1.09. The minimum absolute atomic E-state index is 0.359. The molecule has 1 heterocycles. The number of hydrogen-bond acceptors (Lipinski definition) is 1. The van der Waals surface area contributed by atoms with Crippen LogP contribution in [0, 0.1) is 5.92 Å².